The Morgan fingerprint density at radius 3 is 2.57 bits per heavy atom. The summed E-state index contributed by atoms with van der Waals surface area (Å²) in [5, 5.41) is 7.29. The van der Waals surface area contributed by atoms with E-state index < -0.39 is 0 Å². The highest BCUT2D eigenvalue weighted by Gasteiger charge is 2.15. The number of nitrogens with one attached hydrogen (secondary N) is 1. The van der Waals surface area contributed by atoms with E-state index in [4.69, 9.17) is 5.73 Å². The molecule has 0 aliphatic carbocycles. The van der Waals surface area contributed by atoms with E-state index in [1.807, 2.05) is 13.8 Å². The lowest BCUT2D eigenvalue weighted by Gasteiger charge is -2.06. The summed E-state index contributed by atoms with van der Waals surface area (Å²) in [5.74, 6) is -0.330. The molecule has 0 unspecified atom stereocenters. The van der Waals surface area contributed by atoms with Gasteiger partial charge in [0.1, 0.15) is 5.82 Å². The molecule has 7 heteroatoms. The Bertz CT molecular complexity index is 655. The Labute approximate surface area is 141 Å². The highest BCUT2D eigenvalue weighted by Crippen LogP contribution is 2.18. The molecule has 2 aromatic rings. The quantitative estimate of drug-likeness (QED) is 0.790. The Morgan fingerprint density at radius 1 is 1.30 bits per heavy atom. The molecule has 0 aliphatic heterocycles. The molecule has 0 fully saturated rings. The summed E-state index contributed by atoms with van der Waals surface area (Å²) in [6, 6.07) is 6.12. The third-order valence-corrected chi connectivity index (χ3v) is 3.55. The van der Waals surface area contributed by atoms with Crippen molar-refractivity contribution in [3.63, 3.8) is 0 Å². The molecule has 0 radical (unpaired) electrons. The first kappa shape index (κ1) is 19.1. The Hall–Kier alpha value is -1.92. The van der Waals surface area contributed by atoms with Crippen molar-refractivity contribution in [2.75, 3.05) is 13.1 Å². The fourth-order valence-electron chi connectivity index (χ4n) is 2.32. The minimum absolute atomic E-state index is 0. The molecule has 0 spiro atoms. The van der Waals surface area contributed by atoms with Gasteiger partial charge in [-0.2, -0.15) is 5.10 Å². The molecule has 1 aromatic heterocycles. The molecule has 1 amide bonds. The molecule has 0 saturated heterocycles. The number of rotatable bonds is 6. The zero-order valence-electron chi connectivity index (χ0n) is 13.3. The predicted octanol–water partition coefficient (Wildman–Crippen LogP) is 2.06. The molecule has 1 heterocycles. The normalized spacial score (nSPS) is 10.3. The number of carbonyl (C=O) groups is 1. The van der Waals surface area contributed by atoms with Gasteiger partial charge < -0.3 is 11.1 Å². The first-order valence-corrected chi connectivity index (χ1v) is 7.30. The van der Waals surface area contributed by atoms with Crippen molar-refractivity contribution in [1.29, 1.82) is 0 Å². The summed E-state index contributed by atoms with van der Waals surface area (Å²) < 4.78 is 14.7. The van der Waals surface area contributed by atoms with Crippen LogP contribution >= 0.6 is 12.4 Å². The molecule has 0 bridgehead atoms. The number of benzene rings is 1. The van der Waals surface area contributed by atoms with Crippen LogP contribution in [-0.2, 0) is 11.2 Å². The van der Waals surface area contributed by atoms with Crippen LogP contribution in [0.15, 0.2) is 24.3 Å². The summed E-state index contributed by atoms with van der Waals surface area (Å²) in [4.78, 5) is 11.9. The van der Waals surface area contributed by atoms with Crippen LogP contribution in [0.3, 0.4) is 0 Å². The van der Waals surface area contributed by atoms with E-state index in [2.05, 4.69) is 10.4 Å². The van der Waals surface area contributed by atoms with Gasteiger partial charge in [0, 0.05) is 17.8 Å². The number of aromatic nitrogens is 2. The van der Waals surface area contributed by atoms with Crippen LogP contribution in [-0.4, -0.2) is 28.8 Å². The fourth-order valence-corrected chi connectivity index (χ4v) is 2.32. The number of hydrogen-bond acceptors (Lipinski definition) is 3. The lowest BCUT2D eigenvalue weighted by molar-refractivity contribution is -0.120. The standard InChI is InChI=1S/C16H21FN4O.ClH/c1-11-15(10-16(22)19-9-3-8-18)12(2)21(20-11)14-6-4-13(17)5-7-14;/h4-7H,3,8-10,18H2,1-2H3,(H,19,22);1H. The minimum Gasteiger partial charge on any atom is -0.356 e. The molecule has 3 N–H and O–H groups in total. The number of hydrogen-bond donors (Lipinski definition) is 2. The highest BCUT2D eigenvalue weighted by molar-refractivity contribution is 5.85. The first-order valence-electron chi connectivity index (χ1n) is 7.30. The zero-order chi connectivity index (χ0) is 16.1. The minimum atomic E-state index is -0.287. The molecular weight excluding hydrogens is 319 g/mol. The van der Waals surface area contributed by atoms with Crippen molar-refractivity contribution in [2.45, 2.75) is 26.7 Å². The van der Waals surface area contributed by atoms with Crippen LogP contribution < -0.4 is 11.1 Å². The van der Waals surface area contributed by atoms with Gasteiger partial charge in [-0.05, 0) is 51.1 Å². The highest BCUT2D eigenvalue weighted by atomic mass is 35.5. The maximum absolute atomic E-state index is 13.0. The SMILES string of the molecule is Cc1nn(-c2ccc(F)cc2)c(C)c1CC(=O)NCCCN.Cl. The van der Waals surface area contributed by atoms with E-state index in [0.29, 0.717) is 13.1 Å². The molecule has 1 aromatic carbocycles. The third-order valence-electron chi connectivity index (χ3n) is 3.55. The topological polar surface area (TPSA) is 72.9 Å². The van der Waals surface area contributed by atoms with Crippen molar-refractivity contribution >= 4 is 18.3 Å². The van der Waals surface area contributed by atoms with Gasteiger partial charge >= 0.3 is 0 Å². The van der Waals surface area contributed by atoms with Crippen molar-refractivity contribution < 1.29 is 9.18 Å². The van der Waals surface area contributed by atoms with Gasteiger partial charge in [-0.1, -0.05) is 0 Å². The molecule has 0 aliphatic rings. The number of halogens is 2. The smallest absolute Gasteiger partial charge is 0.224 e. The van der Waals surface area contributed by atoms with Crippen LogP contribution in [0.1, 0.15) is 23.4 Å². The molecule has 23 heavy (non-hydrogen) atoms. The van der Waals surface area contributed by atoms with Gasteiger partial charge in [-0.15, -0.1) is 12.4 Å². The Kier molecular flexibility index (Phi) is 7.19. The van der Waals surface area contributed by atoms with Crippen LogP contribution in [0.25, 0.3) is 5.69 Å². The number of nitrogens with zero attached hydrogens (tertiary/aromatic N) is 2. The maximum atomic E-state index is 13.0. The maximum Gasteiger partial charge on any atom is 0.224 e. The summed E-state index contributed by atoms with van der Waals surface area (Å²) in [7, 11) is 0. The molecular formula is C16H22ClFN4O. The Balaban J connectivity index is 0.00000264. The summed E-state index contributed by atoms with van der Waals surface area (Å²) in [6.45, 7) is 4.92. The van der Waals surface area contributed by atoms with Gasteiger partial charge in [-0.3, -0.25) is 4.79 Å². The molecule has 126 valence electrons. The summed E-state index contributed by atoms with van der Waals surface area (Å²) >= 11 is 0. The van der Waals surface area contributed by atoms with Gasteiger partial charge in [-0.25, -0.2) is 9.07 Å². The largest absolute Gasteiger partial charge is 0.356 e. The van der Waals surface area contributed by atoms with Crippen molar-refractivity contribution in [3.8, 4) is 5.69 Å². The predicted molar refractivity (Wildman–Crippen MR) is 90.6 cm³/mol. The van der Waals surface area contributed by atoms with E-state index in [1.165, 1.54) is 12.1 Å². The lowest BCUT2D eigenvalue weighted by Crippen LogP contribution is -2.27. The second kappa shape index (κ2) is 8.64. The van der Waals surface area contributed by atoms with E-state index in [-0.39, 0.29) is 30.6 Å². The average Bonchev–Trinajstić information content (AvgIpc) is 2.76. The third kappa shape index (κ3) is 4.77. The van der Waals surface area contributed by atoms with E-state index in [1.54, 1.807) is 16.8 Å². The van der Waals surface area contributed by atoms with E-state index in [0.717, 1.165) is 29.1 Å². The van der Waals surface area contributed by atoms with Crippen LogP contribution in [0, 0.1) is 19.7 Å². The summed E-state index contributed by atoms with van der Waals surface area (Å²) in [5.41, 5.74) is 8.76. The Morgan fingerprint density at radius 2 is 1.96 bits per heavy atom. The van der Waals surface area contributed by atoms with Gasteiger partial charge in [0.05, 0.1) is 17.8 Å². The number of amides is 1. The fraction of sp³-hybridized carbons (Fsp3) is 0.375. The van der Waals surface area contributed by atoms with Crippen molar-refractivity contribution in [3.05, 3.63) is 47.0 Å². The number of carbonyl (C=O) groups excluding carboxylic acids is 1. The van der Waals surface area contributed by atoms with E-state index >= 15 is 0 Å². The first-order chi connectivity index (χ1) is 10.5. The van der Waals surface area contributed by atoms with Crippen LogP contribution in [0.4, 0.5) is 4.39 Å². The number of aryl methyl sites for hydroxylation is 1. The van der Waals surface area contributed by atoms with E-state index in [9.17, 15) is 9.18 Å². The van der Waals surface area contributed by atoms with Crippen molar-refractivity contribution in [2.24, 2.45) is 5.73 Å². The average molecular weight is 341 g/mol. The molecule has 2 rings (SSSR count). The van der Waals surface area contributed by atoms with Crippen LogP contribution in [0.5, 0.6) is 0 Å². The van der Waals surface area contributed by atoms with Gasteiger partial charge in [0.2, 0.25) is 5.91 Å². The second-order valence-electron chi connectivity index (χ2n) is 5.21. The van der Waals surface area contributed by atoms with Gasteiger partial charge in [0.25, 0.3) is 0 Å². The second-order valence-corrected chi connectivity index (χ2v) is 5.21. The number of nitrogens with two attached hydrogens (primary N) is 1. The zero-order valence-corrected chi connectivity index (χ0v) is 14.1. The molecule has 5 nitrogen and oxygen atoms in total. The summed E-state index contributed by atoms with van der Waals surface area (Å²) in [6.07, 6.45) is 1.04. The van der Waals surface area contributed by atoms with Crippen molar-refractivity contribution in [1.82, 2.24) is 15.1 Å². The molecule has 0 atom stereocenters. The van der Waals surface area contributed by atoms with Crippen LogP contribution in [0.2, 0.25) is 0 Å². The lowest BCUT2D eigenvalue weighted by atomic mass is 10.1. The monoisotopic (exact) mass is 340 g/mol. The van der Waals surface area contributed by atoms with Gasteiger partial charge in [0.15, 0.2) is 0 Å². The molecule has 0 saturated carbocycles.